The van der Waals surface area contributed by atoms with Crippen molar-refractivity contribution in [3.05, 3.63) is 71.8 Å². The van der Waals surface area contributed by atoms with Gasteiger partial charge in [-0.05, 0) is 12.5 Å². The summed E-state index contributed by atoms with van der Waals surface area (Å²) < 4.78 is 0. The average Bonchev–Trinajstić information content (AvgIpc) is 2.33. The van der Waals surface area contributed by atoms with Gasteiger partial charge in [0, 0.05) is 0 Å². The lowest BCUT2D eigenvalue weighted by Gasteiger charge is -1.89. The number of benzene rings is 2. The molecule has 2 heteroatoms. The van der Waals surface area contributed by atoms with Gasteiger partial charge >= 0.3 is 0 Å². The molecule has 0 aromatic heterocycles. The molecule has 0 spiro atoms. The lowest BCUT2D eigenvalue weighted by Crippen LogP contribution is -1.75. The standard InChI is InChI=1S/C7H8N2.C7H8/c8-9-6-7-4-2-1-3-5-7;1-7-5-3-2-4-6-7/h1-5,8H,6H2;2-6H,1H3. The molecule has 0 radical (unpaired) electrons. The molecule has 0 heterocycles. The summed E-state index contributed by atoms with van der Waals surface area (Å²) in [5, 5.41) is 3.26. The fourth-order valence-corrected chi connectivity index (χ4v) is 1.21. The summed E-state index contributed by atoms with van der Waals surface area (Å²) in [6, 6.07) is 20.0. The molecule has 16 heavy (non-hydrogen) atoms. The van der Waals surface area contributed by atoms with Gasteiger partial charge in [-0.1, -0.05) is 66.2 Å². The van der Waals surface area contributed by atoms with Gasteiger partial charge in [0.2, 0.25) is 0 Å². The second-order valence-corrected chi connectivity index (χ2v) is 3.46. The van der Waals surface area contributed by atoms with E-state index in [-0.39, 0.29) is 0 Å². The minimum atomic E-state index is 0.501. The van der Waals surface area contributed by atoms with E-state index in [9.17, 15) is 0 Å². The number of nitrogens with zero attached hydrogens (tertiary/aromatic N) is 1. The number of rotatable bonds is 2. The predicted molar refractivity (Wildman–Crippen MR) is 66.5 cm³/mol. The van der Waals surface area contributed by atoms with Crippen LogP contribution in [0.25, 0.3) is 0 Å². The third-order valence-electron chi connectivity index (χ3n) is 2.04. The van der Waals surface area contributed by atoms with Gasteiger partial charge in [0.25, 0.3) is 0 Å². The minimum absolute atomic E-state index is 0.501. The molecule has 82 valence electrons. The van der Waals surface area contributed by atoms with Crippen LogP contribution in [0.3, 0.4) is 0 Å². The Balaban J connectivity index is 0.000000165. The summed E-state index contributed by atoms with van der Waals surface area (Å²) in [7, 11) is 0. The monoisotopic (exact) mass is 212 g/mol. The van der Waals surface area contributed by atoms with Crippen LogP contribution in [-0.2, 0) is 6.54 Å². The molecule has 2 nitrogen and oxygen atoms in total. The highest BCUT2D eigenvalue weighted by atomic mass is 14.9. The Kier molecular flexibility index (Phi) is 5.56. The Morgan fingerprint density at radius 1 is 0.875 bits per heavy atom. The third kappa shape index (κ3) is 5.05. The van der Waals surface area contributed by atoms with Crippen LogP contribution >= 0.6 is 0 Å². The van der Waals surface area contributed by atoms with Crippen molar-refractivity contribution in [2.45, 2.75) is 13.5 Å². The van der Waals surface area contributed by atoms with Crippen molar-refractivity contribution in [1.29, 1.82) is 5.53 Å². The summed E-state index contributed by atoms with van der Waals surface area (Å²) in [6.07, 6.45) is 0. The first-order chi connectivity index (χ1) is 7.83. The normalized spacial score (nSPS) is 8.81. The summed E-state index contributed by atoms with van der Waals surface area (Å²) in [5.74, 6) is 0. The van der Waals surface area contributed by atoms with Crippen molar-refractivity contribution in [1.82, 2.24) is 0 Å². The molecule has 0 fully saturated rings. The second-order valence-electron chi connectivity index (χ2n) is 3.46. The van der Waals surface area contributed by atoms with E-state index in [1.54, 1.807) is 0 Å². The van der Waals surface area contributed by atoms with Crippen LogP contribution in [0, 0.1) is 12.5 Å². The lowest BCUT2D eigenvalue weighted by atomic mass is 10.2. The van der Waals surface area contributed by atoms with Crippen LogP contribution in [0.4, 0.5) is 0 Å². The van der Waals surface area contributed by atoms with E-state index in [2.05, 4.69) is 24.2 Å². The molecule has 0 bridgehead atoms. The predicted octanol–water partition coefficient (Wildman–Crippen LogP) is 4.21. The van der Waals surface area contributed by atoms with Gasteiger partial charge in [0.05, 0.1) is 6.54 Å². The van der Waals surface area contributed by atoms with E-state index in [1.165, 1.54) is 5.56 Å². The van der Waals surface area contributed by atoms with Crippen molar-refractivity contribution >= 4 is 0 Å². The Morgan fingerprint density at radius 2 is 1.38 bits per heavy atom. The topological polar surface area (TPSA) is 36.2 Å². The highest BCUT2D eigenvalue weighted by molar-refractivity contribution is 5.14. The zero-order chi connectivity index (χ0) is 11.6. The Bertz CT molecular complexity index is 396. The van der Waals surface area contributed by atoms with E-state index in [1.807, 2.05) is 48.5 Å². The zero-order valence-electron chi connectivity index (χ0n) is 9.43. The number of nitrogens with one attached hydrogen (secondary N) is 1. The largest absolute Gasteiger partial charge is 0.210 e. The van der Waals surface area contributed by atoms with E-state index in [0.717, 1.165) is 5.56 Å². The zero-order valence-corrected chi connectivity index (χ0v) is 9.43. The molecule has 2 rings (SSSR count). The molecular formula is C14H16N2. The maximum atomic E-state index is 6.57. The smallest absolute Gasteiger partial charge is 0.0846 e. The first-order valence-electron chi connectivity index (χ1n) is 5.21. The third-order valence-corrected chi connectivity index (χ3v) is 2.04. The number of aryl methyl sites for hydroxylation is 1. The first kappa shape index (κ1) is 12.1. The van der Waals surface area contributed by atoms with Crippen molar-refractivity contribution in [2.75, 3.05) is 0 Å². The van der Waals surface area contributed by atoms with Gasteiger partial charge in [-0.2, -0.15) is 5.11 Å². The molecule has 2 aromatic rings. The van der Waals surface area contributed by atoms with Gasteiger partial charge in [-0.3, -0.25) is 0 Å². The molecule has 2 aromatic carbocycles. The van der Waals surface area contributed by atoms with Crippen LogP contribution in [0.15, 0.2) is 65.8 Å². The second kappa shape index (κ2) is 7.35. The van der Waals surface area contributed by atoms with E-state index >= 15 is 0 Å². The SMILES string of the molecule is Cc1ccccc1.N=NCc1ccccc1. The van der Waals surface area contributed by atoms with Gasteiger partial charge in [-0.25, -0.2) is 5.53 Å². The quantitative estimate of drug-likeness (QED) is 0.724. The maximum Gasteiger partial charge on any atom is 0.0846 e. The molecule has 0 aliphatic heterocycles. The molecule has 0 saturated heterocycles. The number of hydrogen-bond donors (Lipinski definition) is 1. The highest BCUT2D eigenvalue weighted by Gasteiger charge is 1.83. The molecular weight excluding hydrogens is 196 g/mol. The Labute approximate surface area is 96.5 Å². The molecule has 0 aliphatic carbocycles. The fourth-order valence-electron chi connectivity index (χ4n) is 1.21. The molecule has 0 amide bonds. The molecule has 0 unspecified atom stereocenters. The van der Waals surface area contributed by atoms with Crippen LogP contribution in [0.2, 0.25) is 0 Å². The highest BCUT2D eigenvalue weighted by Crippen LogP contribution is 1.98. The van der Waals surface area contributed by atoms with Crippen LogP contribution < -0.4 is 0 Å². The van der Waals surface area contributed by atoms with Crippen molar-refractivity contribution in [3.63, 3.8) is 0 Å². The number of hydrogen-bond acceptors (Lipinski definition) is 2. The average molecular weight is 212 g/mol. The summed E-state index contributed by atoms with van der Waals surface area (Å²) in [5.41, 5.74) is 8.98. The van der Waals surface area contributed by atoms with Gasteiger partial charge in [-0.15, -0.1) is 0 Å². The summed E-state index contributed by atoms with van der Waals surface area (Å²) in [4.78, 5) is 0. The van der Waals surface area contributed by atoms with Crippen LogP contribution in [0.1, 0.15) is 11.1 Å². The van der Waals surface area contributed by atoms with Crippen molar-refractivity contribution < 1.29 is 0 Å². The molecule has 1 N–H and O–H groups in total. The molecule has 0 saturated carbocycles. The van der Waals surface area contributed by atoms with Gasteiger partial charge < -0.3 is 0 Å². The summed E-state index contributed by atoms with van der Waals surface area (Å²) >= 11 is 0. The van der Waals surface area contributed by atoms with Crippen molar-refractivity contribution in [2.24, 2.45) is 5.11 Å². The van der Waals surface area contributed by atoms with Crippen LogP contribution in [-0.4, -0.2) is 0 Å². The molecule has 0 atom stereocenters. The molecule has 0 aliphatic rings. The van der Waals surface area contributed by atoms with E-state index in [4.69, 9.17) is 5.53 Å². The summed E-state index contributed by atoms with van der Waals surface area (Å²) in [6.45, 7) is 2.58. The van der Waals surface area contributed by atoms with E-state index < -0.39 is 0 Å². The maximum absolute atomic E-state index is 6.57. The van der Waals surface area contributed by atoms with Crippen molar-refractivity contribution in [3.8, 4) is 0 Å². The van der Waals surface area contributed by atoms with Crippen LogP contribution in [0.5, 0.6) is 0 Å². The van der Waals surface area contributed by atoms with E-state index in [0.29, 0.717) is 6.54 Å². The Morgan fingerprint density at radius 3 is 1.75 bits per heavy atom. The van der Waals surface area contributed by atoms with Gasteiger partial charge in [0.1, 0.15) is 0 Å². The Hall–Kier alpha value is -1.96. The minimum Gasteiger partial charge on any atom is -0.210 e. The fraction of sp³-hybridized carbons (Fsp3) is 0.143. The van der Waals surface area contributed by atoms with Gasteiger partial charge in [0.15, 0.2) is 0 Å². The first-order valence-corrected chi connectivity index (χ1v) is 5.21. The lowest BCUT2D eigenvalue weighted by molar-refractivity contribution is 0.908.